The molecule has 0 radical (unpaired) electrons. The third kappa shape index (κ3) is 2.81. The number of nitrogens with zero attached hydrogens (tertiary/aromatic N) is 4. The third-order valence-corrected chi connectivity index (χ3v) is 3.47. The van der Waals surface area contributed by atoms with Crippen LogP contribution in [0, 0.1) is 0 Å². The molecular weight excluding hydrogens is 310 g/mol. The Morgan fingerprint density at radius 2 is 2.37 bits per heavy atom. The normalized spacial score (nSPS) is 18.6. The third-order valence-electron chi connectivity index (χ3n) is 3.03. The maximum absolute atomic E-state index is 11.1. The van der Waals surface area contributed by atoms with Gasteiger partial charge in [-0.1, -0.05) is 5.21 Å². The van der Waals surface area contributed by atoms with Crippen molar-refractivity contribution < 1.29 is 4.79 Å². The predicted molar refractivity (Wildman–Crippen MR) is 72.1 cm³/mol. The Hall–Kier alpha value is -1.76. The molecule has 98 valence electrons. The number of halogens is 1. The highest BCUT2D eigenvalue weighted by Gasteiger charge is 2.21. The lowest BCUT2D eigenvalue weighted by molar-refractivity contribution is -0.119. The van der Waals surface area contributed by atoms with E-state index < -0.39 is 0 Å². The van der Waals surface area contributed by atoms with Gasteiger partial charge in [-0.25, -0.2) is 4.68 Å². The van der Waals surface area contributed by atoms with Crippen molar-refractivity contribution in [3.05, 3.63) is 29.1 Å². The molecule has 0 saturated carbocycles. The lowest BCUT2D eigenvalue weighted by atomic mass is 10.2. The van der Waals surface area contributed by atoms with Crippen LogP contribution in [-0.4, -0.2) is 31.9 Å². The molecule has 0 spiro atoms. The SMILES string of the molecule is O=C1CC[C@@H](Cn2cc(-c3cncc(Br)c3)nn2)N1. The number of hydrogen-bond acceptors (Lipinski definition) is 4. The average molecular weight is 322 g/mol. The van der Waals surface area contributed by atoms with Crippen molar-refractivity contribution >= 4 is 21.8 Å². The summed E-state index contributed by atoms with van der Waals surface area (Å²) in [6.45, 7) is 0.653. The van der Waals surface area contributed by atoms with E-state index >= 15 is 0 Å². The second kappa shape index (κ2) is 5.08. The summed E-state index contributed by atoms with van der Waals surface area (Å²) in [7, 11) is 0. The van der Waals surface area contributed by atoms with Gasteiger partial charge in [0, 0.05) is 34.9 Å². The van der Waals surface area contributed by atoms with Crippen LogP contribution in [0.2, 0.25) is 0 Å². The van der Waals surface area contributed by atoms with Gasteiger partial charge in [-0.2, -0.15) is 0 Å². The van der Waals surface area contributed by atoms with Crippen LogP contribution in [0.25, 0.3) is 11.3 Å². The lowest BCUT2D eigenvalue weighted by Gasteiger charge is -2.08. The first-order chi connectivity index (χ1) is 9.20. The molecule has 3 heterocycles. The fourth-order valence-corrected chi connectivity index (χ4v) is 2.48. The summed E-state index contributed by atoms with van der Waals surface area (Å²) in [5.41, 5.74) is 1.69. The molecule has 1 aliphatic heterocycles. The number of amides is 1. The Kier molecular flexibility index (Phi) is 3.29. The Morgan fingerprint density at radius 3 is 3.11 bits per heavy atom. The van der Waals surface area contributed by atoms with E-state index in [2.05, 4.69) is 36.5 Å². The largest absolute Gasteiger partial charge is 0.351 e. The molecule has 0 aromatic carbocycles. The monoisotopic (exact) mass is 321 g/mol. The van der Waals surface area contributed by atoms with E-state index in [9.17, 15) is 4.79 Å². The first-order valence-corrected chi connectivity index (χ1v) is 6.80. The topological polar surface area (TPSA) is 72.7 Å². The number of pyridine rings is 1. The summed E-state index contributed by atoms with van der Waals surface area (Å²) in [5, 5.41) is 11.1. The van der Waals surface area contributed by atoms with Crippen molar-refractivity contribution in [3.8, 4) is 11.3 Å². The molecule has 0 bridgehead atoms. The van der Waals surface area contributed by atoms with E-state index in [4.69, 9.17) is 0 Å². The van der Waals surface area contributed by atoms with Crippen molar-refractivity contribution in [2.75, 3.05) is 0 Å². The first-order valence-electron chi connectivity index (χ1n) is 6.01. The number of carbonyl (C=O) groups excluding carboxylic acids is 1. The van der Waals surface area contributed by atoms with Crippen molar-refractivity contribution in [1.82, 2.24) is 25.3 Å². The van der Waals surface area contributed by atoms with Gasteiger partial charge in [-0.15, -0.1) is 5.10 Å². The Morgan fingerprint density at radius 1 is 1.47 bits per heavy atom. The molecule has 0 aliphatic carbocycles. The van der Waals surface area contributed by atoms with Crippen molar-refractivity contribution in [1.29, 1.82) is 0 Å². The first kappa shape index (κ1) is 12.3. The summed E-state index contributed by atoms with van der Waals surface area (Å²) in [4.78, 5) is 15.2. The van der Waals surface area contributed by atoms with Crippen LogP contribution < -0.4 is 5.32 Å². The van der Waals surface area contributed by atoms with Gasteiger partial charge in [-0.05, 0) is 28.4 Å². The van der Waals surface area contributed by atoms with Gasteiger partial charge in [0.15, 0.2) is 0 Å². The number of hydrogen-bond donors (Lipinski definition) is 1. The molecule has 1 amide bonds. The van der Waals surface area contributed by atoms with Crippen LogP contribution >= 0.6 is 15.9 Å². The predicted octanol–water partition coefficient (Wildman–Crippen LogP) is 1.38. The minimum atomic E-state index is 0.113. The maximum Gasteiger partial charge on any atom is 0.220 e. The Labute approximate surface area is 118 Å². The highest BCUT2D eigenvalue weighted by Crippen LogP contribution is 2.19. The van der Waals surface area contributed by atoms with Crippen LogP contribution in [0.15, 0.2) is 29.1 Å². The molecule has 1 fully saturated rings. The van der Waals surface area contributed by atoms with Crippen LogP contribution in [0.1, 0.15) is 12.8 Å². The number of carbonyl (C=O) groups is 1. The molecular formula is C12H12BrN5O. The number of nitrogens with one attached hydrogen (secondary N) is 1. The molecule has 1 atom stereocenters. The van der Waals surface area contributed by atoms with Gasteiger partial charge in [0.1, 0.15) is 5.69 Å². The van der Waals surface area contributed by atoms with Crippen molar-refractivity contribution in [2.24, 2.45) is 0 Å². The summed E-state index contributed by atoms with van der Waals surface area (Å²) < 4.78 is 2.66. The minimum absolute atomic E-state index is 0.113. The molecule has 1 aliphatic rings. The minimum Gasteiger partial charge on any atom is -0.351 e. The van der Waals surface area contributed by atoms with Gasteiger partial charge < -0.3 is 5.32 Å². The quantitative estimate of drug-likeness (QED) is 0.927. The second-order valence-corrected chi connectivity index (χ2v) is 5.44. The van der Waals surface area contributed by atoms with Crippen LogP contribution in [0.3, 0.4) is 0 Å². The molecule has 1 N–H and O–H groups in total. The van der Waals surface area contributed by atoms with E-state index in [1.165, 1.54) is 0 Å². The molecule has 0 unspecified atom stereocenters. The Balaban J connectivity index is 1.74. The van der Waals surface area contributed by atoms with Gasteiger partial charge >= 0.3 is 0 Å². The lowest BCUT2D eigenvalue weighted by Crippen LogP contribution is -2.29. The summed E-state index contributed by atoms with van der Waals surface area (Å²) in [6.07, 6.45) is 6.79. The van der Waals surface area contributed by atoms with Crippen LogP contribution in [0.5, 0.6) is 0 Å². The van der Waals surface area contributed by atoms with Crippen LogP contribution in [-0.2, 0) is 11.3 Å². The highest BCUT2D eigenvalue weighted by molar-refractivity contribution is 9.10. The van der Waals surface area contributed by atoms with Gasteiger partial charge in [-0.3, -0.25) is 9.78 Å². The fourth-order valence-electron chi connectivity index (χ4n) is 2.11. The number of rotatable bonds is 3. The zero-order valence-corrected chi connectivity index (χ0v) is 11.7. The van der Waals surface area contributed by atoms with Gasteiger partial charge in [0.2, 0.25) is 5.91 Å². The van der Waals surface area contributed by atoms with Gasteiger partial charge in [0.25, 0.3) is 0 Å². The smallest absolute Gasteiger partial charge is 0.220 e. The molecule has 6 nitrogen and oxygen atoms in total. The van der Waals surface area contributed by atoms with E-state index in [-0.39, 0.29) is 11.9 Å². The average Bonchev–Trinajstić information content (AvgIpc) is 2.99. The van der Waals surface area contributed by atoms with E-state index in [1.807, 2.05) is 12.3 Å². The van der Waals surface area contributed by atoms with Crippen molar-refractivity contribution in [2.45, 2.75) is 25.4 Å². The molecule has 3 rings (SSSR count). The molecule has 2 aromatic rings. The molecule has 2 aromatic heterocycles. The van der Waals surface area contributed by atoms with Gasteiger partial charge in [0.05, 0.1) is 12.7 Å². The zero-order chi connectivity index (χ0) is 13.2. The summed E-state index contributed by atoms with van der Waals surface area (Å²) in [5.74, 6) is 0.113. The van der Waals surface area contributed by atoms with E-state index in [0.29, 0.717) is 13.0 Å². The Bertz CT molecular complexity index is 612. The summed E-state index contributed by atoms with van der Waals surface area (Å²) in [6, 6.07) is 2.10. The number of aromatic nitrogens is 4. The fraction of sp³-hybridized carbons (Fsp3) is 0.333. The highest BCUT2D eigenvalue weighted by atomic mass is 79.9. The summed E-state index contributed by atoms with van der Waals surface area (Å²) >= 11 is 3.38. The van der Waals surface area contributed by atoms with E-state index in [0.717, 1.165) is 22.2 Å². The second-order valence-electron chi connectivity index (χ2n) is 4.52. The zero-order valence-electron chi connectivity index (χ0n) is 10.1. The standard InChI is InChI=1S/C12H12BrN5O/c13-9-3-8(4-14-5-9)11-7-18(17-16-11)6-10-1-2-12(19)15-10/h3-5,7,10H,1-2,6H2,(H,15,19)/t10-/m0/s1. The van der Waals surface area contributed by atoms with Crippen LogP contribution in [0.4, 0.5) is 0 Å². The van der Waals surface area contributed by atoms with E-state index in [1.54, 1.807) is 17.1 Å². The maximum atomic E-state index is 11.1. The van der Waals surface area contributed by atoms with Crippen molar-refractivity contribution in [3.63, 3.8) is 0 Å². The molecule has 7 heteroatoms. The molecule has 1 saturated heterocycles. The molecule has 19 heavy (non-hydrogen) atoms.